The molecule has 1 aliphatic carbocycles. The Bertz CT molecular complexity index is 218. The van der Waals surface area contributed by atoms with Crippen molar-refractivity contribution in [3.63, 3.8) is 0 Å². The van der Waals surface area contributed by atoms with Crippen LogP contribution in [0.25, 0.3) is 0 Å². The third-order valence-electron chi connectivity index (χ3n) is 3.32. The van der Waals surface area contributed by atoms with E-state index in [1.165, 1.54) is 6.92 Å². The third kappa shape index (κ3) is 1.93. The standard InChI is InChI=1S/C11H18O2/c1-5-9-6-10(11(9,3)4)7-13-8(2)12/h5,9-10H,1,6-7H2,2-4H3. The van der Waals surface area contributed by atoms with Gasteiger partial charge in [0, 0.05) is 6.92 Å². The Morgan fingerprint density at radius 2 is 2.31 bits per heavy atom. The second-order valence-corrected chi connectivity index (χ2v) is 4.40. The lowest BCUT2D eigenvalue weighted by atomic mass is 9.55. The van der Waals surface area contributed by atoms with Crippen molar-refractivity contribution in [2.75, 3.05) is 6.61 Å². The van der Waals surface area contributed by atoms with Crippen molar-refractivity contribution in [2.45, 2.75) is 27.2 Å². The van der Waals surface area contributed by atoms with Gasteiger partial charge in [-0.25, -0.2) is 0 Å². The van der Waals surface area contributed by atoms with Gasteiger partial charge < -0.3 is 4.74 Å². The van der Waals surface area contributed by atoms with Gasteiger partial charge in [0.25, 0.3) is 0 Å². The van der Waals surface area contributed by atoms with Crippen LogP contribution in [0.5, 0.6) is 0 Å². The summed E-state index contributed by atoms with van der Waals surface area (Å²) in [4.78, 5) is 10.6. The first-order valence-corrected chi connectivity index (χ1v) is 4.74. The number of hydrogen-bond acceptors (Lipinski definition) is 2. The van der Waals surface area contributed by atoms with Crippen LogP contribution in [-0.4, -0.2) is 12.6 Å². The normalized spacial score (nSPS) is 30.4. The SMILES string of the molecule is C=CC1CC(COC(C)=O)C1(C)C. The minimum atomic E-state index is -0.183. The van der Waals surface area contributed by atoms with E-state index in [0.717, 1.165) is 6.42 Å². The predicted molar refractivity (Wildman–Crippen MR) is 52.2 cm³/mol. The minimum absolute atomic E-state index is 0.183. The molecule has 0 N–H and O–H groups in total. The second kappa shape index (κ2) is 3.52. The van der Waals surface area contributed by atoms with Crippen LogP contribution in [-0.2, 0) is 9.53 Å². The van der Waals surface area contributed by atoms with E-state index in [-0.39, 0.29) is 11.4 Å². The van der Waals surface area contributed by atoms with Gasteiger partial charge in [0.2, 0.25) is 0 Å². The van der Waals surface area contributed by atoms with Crippen LogP contribution >= 0.6 is 0 Å². The first-order chi connectivity index (χ1) is 5.98. The molecule has 13 heavy (non-hydrogen) atoms. The maximum atomic E-state index is 10.6. The van der Waals surface area contributed by atoms with Crippen molar-refractivity contribution < 1.29 is 9.53 Å². The summed E-state index contributed by atoms with van der Waals surface area (Å²) >= 11 is 0. The molecule has 0 aromatic rings. The van der Waals surface area contributed by atoms with Gasteiger partial charge in [-0.15, -0.1) is 6.58 Å². The molecule has 1 rings (SSSR count). The molecule has 0 aromatic heterocycles. The van der Waals surface area contributed by atoms with Gasteiger partial charge in [0.05, 0.1) is 6.61 Å². The molecule has 0 saturated heterocycles. The third-order valence-corrected chi connectivity index (χ3v) is 3.32. The lowest BCUT2D eigenvalue weighted by Gasteiger charge is -2.50. The number of allylic oxidation sites excluding steroid dienone is 1. The quantitative estimate of drug-likeness (QED) is 0.495. The van der Waals surface area contributed by atoms with Crippen molar-refractivity contribution in [1.82, 2.24) is 0 Å². The molecule has 2 atom stereocenters. The molecule has 1 saturated carbocycles. The van der Waals surface area contributed by atoms with Crippen molar-refractivity contribution in [3.05, 3.63) is 12.7 Å². The Labute approximate surface area is 80.0 Å². The Morgan fingerprint density at radius 3 is 2.69 bits per heavy atom. The van der Waals surface area contributed by atoms with Crippen molar-refractivity contribution in [1.29, 1.82) is 0 Å². The first kappa shape index (κ1) is 10.3. The number of esters is 1. The van der Waals surface area contributed by atoms with E-state index in [9.17, 15) is 4.79 Å². The molecule has 0 bridgehead atoms. The fourth-order valence-electron chi connectivity index (χ4n) is 1.96. The second-order valence-electron chi connectivity index (χ2n) is 4.40. The van der Waals surface area contributed by atoms with E-state index in [4.69, 9.17) is 4.74 Å². The zero-order chi connectivity index (χ0) is 10.1. The highest BCUT2D eigenvalue weighted by Crippen LogP contribution is 2.51. The Morgan fingerprint density at radius 1 is 1.69 bits per heavy atom. The Balaban J connectivity index is 2.39. The van der Waals surface area contributed by atoms with Crippen molar-refractivity contribution >= 4 is 5.97 Å². The number of carbonyl (C=O) groups is 1. The van der Waals surface area contributed by atoms with Crippen molar-refractivity contribution in [3.8, 4) is 0 Å². The van der Waals surface area contributed by atoms with Crippen LogP contribution in [0.15, 0.2) is 12.7 Å². The summed E-state index contributed by atoms with van der Waals surface area (Å²) in [5.74, 6) is 0.894. The monoisotopic (exact) mass is 182 g/mol. The van der Waals surface area contributed by atoms with Gasteiger partial charge in [-0.2, -0.15) is 0 Å². The van der Waals surface area contributed by atoms with E-state index in [1.807, 2.05) is 6.08 Å². The van der Waals surface area contributed by atoms with Gasteiger partial charge in [-0.1, -0.05) is 19.9 Å². The van der Waals surface area contributed by atoms with Crippen LogP contribution in [0.3, 0.4) is 0 Å². The summed E-state index contributed by atoms with van der Waals surface area (Å²) in [7, 11) is 0. The van der Waals surface area contributed by atoms with Gasteiger partial charge in [0.1, 0.15) is 0 Å². The average Bonchev–Trinajstić information content (AvgIpc) is 2.02. The predicted octanol–water partition coefficient (Wildman–Crippen LogP) is 2.40. The largest absolute Gasteiger partial charge is 0.466 e. The molecular formula is C11H18O2. The summed E-state index contributed by atoms with van der Waals surface area (Å²) in [5.41, 5.74) is 0.247. The highest BCUT2D eigenvalue weighted by atomic mass is 16.5. The van der Waals surface area contributed by atoms with Gasteiger partial charge >= 0.3 is 5.97 Å². The number of hydrogen-bond donors (Lipinski definition) is 0. The van der Waals surface area contributed by atoms with Crippen LogP contribution in [0.1, 0.15) is 27.2 Å². The molecule has 0 aliphatic heterocycles. The van der Waals surface area contributed by atoms with Gasteiger partial charge in [-0.3, -0.25) is 4.79 Å². The van der Waals surface area contributed by atoms with Crippen LogP contribution in [0, 0.1) is 17.3 Å². The molecule has 2 heteroatoms. The highest BCUT2D eigenvalue weighted by Gasteiger charge is 2.46. The molecule has 0 heterocycles. The summed E-state index contributed by atoms with van der Waals surface area (Å²) in [6, 6.07) is 0. The summed E-state index contributed by atoms with van der Waals surface area (Å²) in [5, 5.41) is 0. The smallest absolute Gasteiger partial charge is 0.302 e. The van der Waals surface area contributed by atoms with Crippen LogP contribution in [0.2, 0.25) is 0 Å². The molecule has 0 aromatic carbocycles. The molecule has 1 fully saturated rings. The number of carbonyl (C=O) groups excluding carboxylic acids is 1. The summed E-state index contributed by atoms with van der Waals surface area (Å²) < 4.78 is 5.00. The van der Waals surface area contributed by atoms with Gasteiger partial charge in [0.15, 0.2) is 0 Å². The maximum Gasteiger partial charge on any atom is 0.302 e. The highest BCUT2D eigenvalue weighted by molar-refractivity contribution is 5.65. The molecule has 0 amide bonds. The van der Waals surface area contributed by atoms with E-state index in [2.05, 4.69) is 20.4 Å². The minimum Gasteiger partial charge on any atom is -0.466 e. The molecule has 2 unspecified atom stereocenters. The molecule has 1 aliphatic rings. The molecule has 2 nitrogen and oxygen atoms in total. The first-order valence-electron chi connectivity index (χ1n) is 4.74. The van der Waals surface area contributed by atoms with Crippen molar-refractivity contribution in [2.24, 2.45) is 17.3 Å². The molecular weight excluding hydrogens is 164 g/mol. The van der Waals surface area contributed by atoms with E-state index >= 15 is 0 Å². The Hall–Kier alpha value is -0.790. The lowest BCUT2D eigenvalue weighted by Crippen LogP contribution is -2.46. The summed E-state index contributed by atoms with van der Waals surface area (Å²) in [6.45, 7) is 10.2. The maximum absolute atomic E-state index is 10.6. The van der Waals surface area contributed by atoms with E-state index < -0.39 is 0 Å². The fourth-order valence-corrected chi connectivity index (χ4v) is 1.96. The molecule has 0 spiro atoms. The average molecular weight is 182 g/mol. The molecule has 74 valence electrons. The van der Waals surface area contributed by atoms with Crippen LogP contribution < -0.4 is 0 Å². The zero-order valence-corrected chi connectivity index (χ0v) is 8.67. The number of ether oxygens (including phenoxy) is 1. The lowest BCUT2D eigenvalue weighted by molar-refractivity contribution is -0.147. The zero-order valence-electron chi connectivity index (χ0n) is 8.67. The number of rotatable bonds is 3. The van der Waals surface area contributed by atoms with E-state index in [1.54, 1.807) is 0 Å². The van der Waals surface area contributed by atoms with Crippen LogP contribution in [0.4, 0.5) is 0 Å². The molecule has 0 radical (unpaired) electrons. The van der Waals surface area contributed by atoms with E-state index in [0.29, 0.717) is 18.4 Å². The Kier molecular flexibility index (Phi) is 2.79. The topological polar surface area (TPSA) is 26.3 Å². The van der Waals surface area contributed by atoms with Gasteiger partial charge in [-0.05, 0) is 23.7 Å². The summed E-state index contributed by atoms with van der Waals surface area (Å²) in [6.07, 6.45) is 3.11. The fraction of sp³-hybridized carbons (Fsp3) is 0.727.